The largest absolute Gasteiger partial charge is 0.332 e. The molecule has 0 aliphatic carbocycles. The summed E-state index contributed by atoms with van der Waals surface area (Å²) in [6, 6.07) is 16.2. The molecule has 0 fully saturated rings. The predicted octanol–water partition coefficient (Wildman–Crippen LogP) is 6.83. The average molecular weight is 504 g/mol. The van der Waals surface area contributed by atoms with Gasteiger partial charge in [0.1, 0.15) is 6.54 Å². The monoisotopic (exact) mass is 503 g/mol. The molecular formula is C25H27Cl2N3O2S. The first kappa shape index (κ1) is 25.1. The fraction of sp³-hybridized carbons (Fsp3) is 0.280. The van der Waals surface area contributed by atoms with Crippen LogP contribution in [-0.2, 0) is 17.9 Å². The number of carbonyl (C=O) groups is 2. The molecule has 0 aliphatic rings. The Balaban J connectivity index is 1.77. The van der Waals surface area contributed by atoms with E-state index in [0.29, 0.717) is 28.8 Å². The molecule has 0 atom stereocenters. The van der Waals surface area contributed by atoms with Gasteiger partial charge in [-0.1, -0.05) is 53.5 Å². The van der Waals surface area contributed by atoms with E-state index in [0.717, 1.165) is 16.0 Å². The van der Waals surface area contributed by atoms with Crippen molar-refractivity contribution in [3.05, 3.63) is 86.0 Å². The Morgan fingerprint density at radius 1 is 1.03 bits per heavy atom. The van der Waals surface area contributed by atoms with E-state index in [9.17, 15) is 9.59 Å². The van der Waals surface area contributed by atoms with Crippen molar-refractivity contribution in [3.8, 4) is 0 Å². The lowest BCUT2D eigenvalue weighted by molar-refractivity contribution is -0.133. The molecule has 3 amide bonds. The molecule has 8 heteroatoms. The summed E-state index contributed by atoms with van der Waals surface area (Å²) in [5.74, 6) is -0.127. The van der Waals surface area contributed by atoms with Crippen LogP contribution in [0, 0.1) is 6.92 Å². The van der Waals surface area contributed by atoms with E-state index in [4.69, 9.17) is 23.2 Å². The number of carbonyl (C=O) groups excluding carboxylic acids is 2. The maximum Gasteiger partial charge on any atom is 0.322 e. The van der Waals surface area contributed by atoms with Crippen molar-refractivity contribution in [1.82, 2.24) is 9.80 Å². The number of rotatable bonds is 8. The second kappa shape index (κ2) is 11.5. The molecule has 0 saturated heterocycles. The van der Waals surface area contributed by atoms with Crippen LogP contribution in [0.2, 0.25) is 10.0 Å². The fourth-order valence-electron chi connectivity index (χ4n) is 3.29. The number of anilines is 1. The minimum Gasteiger partial charge on any atom is -0.332 e. The van der Waals surface area contributed by atoms with Gasteiger partial charge in [0.2, 0.25) is 5.91 Å². The van der Waals surface area contributed by atoms with Crippen molar-refractivity contribution in [2.75, 3.05) is 11.9 Å². The highest BCUT2D eigenvalue weighted by Gasteiger charge is 2.25. The number of hydrogen-bond acceptors (Lipinski definition) is 3. The van der Waals surface area contributed by atoms with Crippen LogP contribution in [-0.4, -0.2) is 34.3 Å². The van der Waals surface area contributed by atoms with E-state index in [1.807, 2.05) is 56.5 Å². The zero-order valence-corrected chi connectivity index (χ0v) is 21.2. The van der Waals surface area contributed by atoms with Gasteiger partial charge in [-0.2, -0.15) is 0 Å². The Labute approximate surface area is 208 Å². The molecule has 0 radical (unpaired) electrons. The minimum atomic E-state index is -0.394. The van der Waals surface area contributed by atoms with E-state index in [1.165, 1.54) is 4.90 Å². The van der Waals surface area contributed by atoms with Crippen molar-refractivity contribution in [2.45, 2.75) is 39.9 Å². The molecule has 0 spiro atoms. The lowest BCUT2D eigenvalue weighted by atomic mass is 10.2. The van der Waals surface area contributed by atoms with Crippen molar-refractivity contribution in [1.29, 1.82) is 0 Å². The summed E-state index contributed by atoms with van der Waals surface area (Å²) in [4.78, 5) is 30.9. The fourth-order valence-corrected chi connectivity index (χ4v) is 4.66. The lowest BCUT2D eigenvalue weighted by Gasteiger charge is -2.30. The lowest BCUT2D eigenvalue weighted by Crippen LogP contribution is -2.47. The predicted molar refractivity (Wildman–Crippen MR) is 137 cm³/mol. The third-order valence-corrected chi connectivity index (χ3v) is 6.79. The Morgan fingerprint density at radius 3 is 2.36 bits per heavy atom. The molecular weight excluding hydrogens is 477 g/mol. The number of benzene rings is 2. The number of urea groups is 1. The van der Waals surface area contributed by atoms with Gasteiger partial charge in [-0.15, -0.1) is 11.3 Å². The first-order chi connectivity index (χ1) is 15.7. The van der Waals surface area contributed by atoms with Gasteiger partial charge in [-0.3, -0.25) is 4.79 Å². The van der Waals surface area contributed by atoms with Crippen molar-refractivity contribution < 1.29 is 9.59 Å². The Morgan fingerprint density at radius 2 is 1.76 bits per heavy atom. The Bertz CT molecular complexity index is 1100. The molecule has 0 unspecified atom stereocenters. The molecule has 1 aromatic heterocycles. The van der Waals surface area contributed by atoms with Crippen molar-refractivity contribution in [2.24, 2.45) is 0 Å². The summed E-state index contributed by atoms with van der Waals surface area (Å²) in [6.07, 6.45) is 0. The van der Waals surface area contributed by atoms with E-state index < -0.39 is 6.03 Å². The standard InChI is InChI=1S/C25H27Cl2N3O2S/c1-17(2)30(25(32)28-22-10-9-20(26)13-21(22)27)16-24(31)29(14-19-7-5-4-6-8-19)15-23-18(3)11-12-33-23/h4-13,17H,14-16H2,1-3H3,(H,28,32). The number of nitrogens with zero attached hydrogens (tertiary/aromatic N) is 2. The first-order valence-electron chi connectivity index (χ1n) is 10.6. The minimum absolute atomic E-state index is 0.0496. The molecule has 2 aromatic carbocycles. The van der Waals surface area contributed by atoms with E-state index in [2.05, 4.69) is 11.4 Å². The normalized spacial score (nSPS) is 10.8. The maximum absolute atomic E-state index is 13.4. The molecule has 0 bridgehead atoms. The second-order valence-corrected chi connectivity index (χ2v) is 9.88. The third-order valence-electron chi connectivity index (χ3n) is 5.23. The second-order valence-electron chi connectivity index (χ2n) is 8.04. The molecule has 0 aliphatic heterocycles. The van der Waals surface area contributed by atoms with Gasteiger partial charge in [0.05, 0.1) is 17.3 Å². The topological polar surface area (TPSA) is 52.7 Å². The summed E-state index contributed by atoms with van der Waals surface area (Å²) in [7, 11) is 0. The smallest absolute Gasteiger partial charge is 0.322 e. The van der Waals surface area contributed by atoms with Crippen LogP contribution in [0.15, 0.2) is 60.0 Å². The van der Waals surface area contributed by atoms with Crippen molar-refractivity contribution >= 4 is 52.2 Å². The van der Waals surface area contributed by atoms with Gasteiger partial charge < -0.3 is 15.1 Å². The Hall–Kier alpha value is -2.54. The van der Waals surface area contributed by atoms with Gasteiger partial charge in [-0.05, 0) is 61.5 Å². The van der Waals surface area contributed by atoms with Gasteiger partial charge in [0.25, 0.3) is 0 Å². The van der Waals surface area contributed by atoms with Crippen LogP contribution in [0.5, 0.6) is 0 Å². The van der Waals surface area contributed by atoms with E-state index in [1.54, 1.807) is 34.4 Å². The van der Waals surface area contributed by atoms with Gasteiger partial charge >= 0.3 is 6.03 Å². The van der Waals surface area contributed by atoms with Gasteiger partial charge in [-0.25, -0.2) is 4.79 Å². The summed E-state index contributed by atoms with van der Waals surface area (Å²) in [5.41, 5.74) is 2.63. The van der Waals surface area contributed by atoms with Crippen LogP contribution in [0.3, 0.4) is 0 Å². The summed E-state index contributed by atoms with van der Waals surface area (Å²) < 4.78 is 0. The van der Waals surface area contributed by atoms with Crippen LogP contribution < -0.4 is 5.32 Å². The molecule has 1 heterocycles. The van der Waals surface area contributed by atoms with Crippen LogP contribution in [0.1, 0.15) is 29.9 Å². The molecule has 0 saturated carbocycles. The SMILES string of the molecule is Cc1ccsc1CN(Cc1ccccc1)C(=O)CN(C(=O)Nc1ccc(Cl)cc1Cl)C(C)C. The maximum atomic E-state index is 13.4. The number of amides is 3. The highest BCUT2D eigenvalue weighted by atomic mass is 35.5. The number of hydrogen-bond donors (Lipinski definition) is 1. The molecule has 1 N–H and O–H groups in total. The van der Waals surface area contributed by atoms with Gasteiger partial charge in [0.15, 0.2) is 0 Å². The molecule has 33 heavy (non-hydrogen) atoms. The third kappa shape index (κ3) is 6.97. The molecule has 5 nitrogen and oxygen atoms in total. The summed E-state index contributed by atoms with van der Waals surface area (Å²) in [6.45, 7) is 6.70. The highest BCUT2D eigenvalue weighted by molar-refractivity contribution is 7.10. The van der Waals surface area contributed by atoms with E-state index in [-0.39, 0.29) is 18.5 Å². The van der Waals surface area contributed by atoms with Crippen molar-refractivity contribution in [3.63, 3.8) is 0 Å². The van der Waals surface area contributed by atoms with Crippen LogP contribution in [0.4, 0.5) is 10.5 Å². The number of thiophene rings is 1. The number of aryl methyl sites for hydroxylation is 1. The van der Waals surface area contributed by atoms with Crippen LogP contribution in [0.25, 0.3) is 0 Å². The van der Waals surface area contributed by atoms with E-state index >= 15 is 0 Å². The number of halogens is 2. The highest BCUT2D eigenvalue weighted by Crippen LogP contribution is 2.26. The zero-order valence-electron chi connectivity index (χ0n) is 18.8. The van der Waals surface area contributed by atoms with Gasteiger partial charge in [0, 0.05) is 22.5 Å². The molecule has 3 rings (SSSR count). The molecule has 3 aromatic rings. The quantitative estimate of drug-likeness (QED) is 0.365. The summed E-state index contributed by atoms with van der Waals surface area (Å²) in [5, 5.41) is 5.64. The Kier molecular flexibility index (Phi) is 8.78. The average Bonchev–Trinajstić information content (AvgIpc) is 3.18. The summed E-state index contributed by atoms with van der Waals surface area (Å²) >= 11 is 13.8. The number of nitrogens with one attached hydrogen (secondary N) is 1. The van der Waals surface area contributed by atoms with Crippen LogP contribution >= 0.6 is 34.5 Å². The zero-order chi connectivity index (χ0) is 24.0. The first-order valence-corrected chi connectivity index (χ1v) is 12.3. The molecule has 174 valence electrons.